The van der Waals surface area contributed by atoms with Crippen molar-refractivity contribution in [1.29, 1.82) is 0 Å². The second kappa shape index (κ2) is 8.08. The molecule has 9 heteroatoms. The van der Waals surface area contributed by atoms with Crippen molar-refractivity contribution in [3.8, 4) is 11.5 Å². The van der Waals surface area contributed by atoms with Gasteiger partial charge in [-0.1, -0.05) is 6.07 Å². The lowest BCUT2D eigenvalue weighted by Crippen LogP contribution is -2.34. The van der Waals surface area contributed by atoms with Crippen LogP contribution >= 0.6 is 0 Å². The fourth-order valence-electron chi connectivity index (χ4n) is 2.92. The van der Waals surface area contributed by atoms with Crippen molar-refractivity contribution in [2.24, 2.45) is 7.05 Å². The first-order chi connectivity index (χ1) is 14.5. The molecule has 1 aromatic heterocycles. The fraction of sp³-hybridized carbons (Fsp3) is 0.143. The maximum absolute atomic E-state index is 12.4. The Morgan fingerprint density at radius 3 is 2.53 bits per heavy atom. The number of ketones is 1. The average Bonchev–Trinajstić information content (AvgIpc) is 3.40. The molecule has 30 heavy (non-hydrogen) atoms. The van der Waals surface area contributed by atoms with Crippen molar-refractivity contribution in [1.82, 2.24) is 14.9 Å². The van der Waals surface area contributed by atoms with Gasteiger partial charge in [0.15, 0.2) is 17.3 Å². The Balaban J connectivity index is 1.32. The molecule has 9 nitrogen and oxygen atoms in total. The van der Waals surface area contributed by atoms with E-state index in [1.165, 1.54) is 0 Å². The Bertz CT molecular complexity index is 1120. The molecule has 0 saturated carbocycles. The van der Waals surface area contributed by atoms with Crippen molar-refractivity contribution < 1.29 is 23.9 Å². The molecule has 4 rings (SSSR count). The third-order valence-corrected chi connectivity index (χ3v) is 4.53. The highest BCUT2D eigenvalue weighted by Gasteiger charge is 2.17. The quantitative estimate of drug-likeness (QED) is 0.492. The van der Waals surface area contributed by atoms with Crippen LogP contribution < -0.4 is 20.1 Å². The summed E-state index contributed by atoms with van der Waals surface area (Å²) in [5.74, 6) is -0.254. The van der Waals surface area contributed by atoms with Crippen LogP contribution in [0.1, 0.15) is 21.7 Å². The van der Waals surface area contributed by atoms with E-state index in [1.54, 1.807) is 66.5 Å². The summed E-state index contributed by atoms with van der Waals surface area (Å²) in [6.07, 6.45) is 3.23. The number of hydrogen-bond acceptors (Lipinski definition) is 6. The highest BCUT2D eigenvalue weighted by Crippen LogP contribution is 2.32. The predicted octanol–water partition coefficient (Wildman–Crippen LogP) is 1.63. The minimum Gasteiger partial charge on any atom is -0.454 e. The molecule has 2 amide bonds. The normalized spacial score (nSPS) is 11.8. The Morgan fingerprint density at radius 2 is 1.80 bits per heavy atom. The topological polar surface area (TPSA) is 112 Å². The molecule has 3 aromatic rings. The number of carbonyl (C=O) groups excluding carboxylic acids is 3. The van der Waals surface area contributed by atoms with Crippen LogP contribution in [0.5, 0.6) is 11.5 Å². The van der Waals surface area contributed by atoms with E-state index in [9.17, 15) is 14.4 Å². The highest BCUT2D eigenvalue weighted by molar-refractivity contribution is 6.39. The number of aromatic nitrogens is 2. The van der Waals surface area contributed by atoms with Gasteiger partial charge in [-0.2, -0.15) is 0 Å². The van der Waals surface area contributed by atoms with Crippen LogP contribution in [0.4, 0.5) is 5.69 Å². The summed E-state index contributed by atoms with van der Waals surface area (Å²) >= 11 is 0. The Hall–Kier alpha value is -4.14. The van der Waals surface area contributed by atoms with Crippen LogP contribution in [0, 0.1) is 0 Å². The van der Waals surface area contributed by atoms with Crippen LogP contribution in [-0.4, -0.2) is 33.9 Å². The maximum Gasteiger partial charge on any atom is 0.313 e. The summed E-state index contributed by atoms with van der Waals surface area (Å²) in [5.41, 5.74) is 1.60. The number of hydrogen-bond donors (Lipinski definition) is 2. The molecule has 0 aliphatic carbocycles. The molecule has 1 aliphatic rings. The zero-order chi connectivity index (χ0) is 21.1. The van der Waals surface area contributed by atoms with Gasteiger partial charge in [0.25, 0.3) is 0 Å². The lowest BCUT2D eigenvalue weighted by Gasteiger charge is -2.08. The average molecular weight is 406 g/mol. The first-order valence-electron chi connectivity index (χ1n) is 9.11. The van der Waals surface area contributed by atoms with Crippen molar-refractivity contribution in [3.05, 3.63) is 71.8 Å². The van der Waals surface area contributed by atoms with Gasteiger partial charge in [-0.3, -0.25) is 14.4 Å². The van der Waals surface area contributed by atoms with E-state index in [0.29, 0.717) is 28.6 Å². The monoisotopic (exact) mass is 406 g/mol. The number of carbonyl (C=O) groups is 3. The summed E-state index contributed by atoms with van der Waals surface area (Å²) in [6.45, 7) is 0.333. The van der Waals surface area contributed by atoms with Gasteiger partial charge in [0, 0.05) is 37.2 Å². The summed E-state index contributed by atoms with van der Waals surface area (Å²) < 4.78 is 12.1. The number of rotatable bonds is 5. The molecule has 152 valence electrons. The van der Waals surface area contributed by atoms with Crippen LogP contribution in [0.25, 0.3) is 0 Å². The smallest absolute Gasteiger partial charge is 0.313 e. The molecule has 0 fully saturated rings. The third-order valence-electron chi connectivity index (χ3n) is 4.53. The van der Waals surface area contributed by atoms with Gasteiger partial charge in [0.05, 0.1) is 0 Å². The van der Waals surface area contributed by atoms with Gasteiger partial charge in [0.2, 0.25) is 12.6 Å². The molecule has 0 unspecified atom stereocenters. The summed E-state index contributed by atoms with van der Waals surface area (Å²) in [5, 5.41) is 5.06. The zero-order valence-electron chi connectivity index (χ0n) is 16.0. The van der Waals surface area contributed by atoms with Gasteiger partial charge in [-0.05, 0) is 42.0 Å². The molecule has 0 radical (unpaired) electrons. The minimum atomic E-state index is -0.807. The van der Waals surface area contributed by atoms with E-state index in [4.69, 9.17) is 9.47 Å². The van der Waals surface area contributed by atoms with Gasteiger partial charge >= 0.3 is 11.8 Å². The molecule has 0 saturated heterocycles. The number of amides is 2. The molecule has 2 aromatic carbocycles. The molecule has 1 aliphatic heterocycles. The minimum absolute atomic E-state index is 0.166. The number of aryl methyl sites for hydroxylation is 1. The second-order valence-corrected chi connectivity index (χ2v) is 6.59. The van der Waals surface area contributed by atoms with Gasteiger partial charge in [0.1, 0.15) is 0 Å². The van der Waals surface area contributed by atoms with E-state index >= 15 is 0 Å². The number of anilines is 1. The summed E-state index contributed by atoms with van der Waals surface area (Å²) in [6, 6.07) is 11.5. The number of ether oxygens (including phenoxy) is 2. The number of nitrogens with zero attached hydrogens (tertiary/aromatic N) is 2. The second-order valence-electron chi connectivity index (χ2n) is 6.59. The van der Waals surface area contributed by atoms with Crippen molar-refractivity contribution >= 4 is 23.3 Å². The van der Waals surface area contributed by atoms with Crippen molar-refractivity contribution in [2.75, 3.05) is 12.1 Å². The zero-order valence-corrected chi connectivity index (χ0v) is 16.0. The summed E-state index contributed by atoms with van der Waals surface area (Å²) in [7, 11) is 1.73. The molecular formula is C21H18N4O5. The molecule has 0 atom stereocenters. The fourth-order valence-corrected chi connectivity index (χ4v) is 2.92. The van der Waals surface area contributed by atoms with Crippen molar-refractivity contribution in [3.63, 3.8) is 0 Å². The lowest BCUT2D eigenvalue weighted by atomic mass is 10.1. The Morgan fingerprint density at radius 1 is 1.03 bits per heavy atom. The van der Waals surface area contributed by atoms with Gasteiger partial charge < -0.3 is 24.7 Å². The first-order valence-corrected chi connectivity index (χ1v) is 9.11. The maximum atomic E-state index is 12.4. The molecule has 0 spiro atoms. The van der Waals surface area contributed by atoms with Gasteiger partial charge in [-0.15, -0.1) is 0 Å². The van der Waals surface area contributed by atoms with E-state index in [2.05, 4.69) is 15.6 Å². The lowest BCUT2D eigenvalue weighted by molar-refractivity contribution is -0.136. The van der Waals surface area contributed by atoms with E-state index in [1.807, 2.05) is 0 Å². The third kappa shape index (κ3) is 4.00. The number of fused-ring (bicyclic) bond motifs is 1. The highest BCUT2D eigenvalue weighted by atomic mass is 16.7. The van der Waals surface area contributed by atoms with E-state index in [0.717, 1.165) is 5.56 Å². The number of nitrogens with one attached hydrogen (secondary N) is 2. The Labute approximate surface area is 171 Å². The van der Waals surface area contributed by atoms with Crippen molar-refractivity contribution in [2.45, 2.75) is 6.54 Å². The molecule has 0 bridgehead atoms. The number of imidazole rings is 1. The van der Waals surface area contributed by atoms with Gasteiger partial charge in [-0.25, -0.2) is 4.98 Å². The first kappa shape index (κ1) is 19.2. The van der Waals surface area contributed by atoms with Crippen LogP contribution in [0.15, 0.2) is 54.9 Å². The summed E-state index contributed by atoms with van der Waals surface area (Å²) in [4.78, 5) is 40.6. The van der Waals surface area contributed by atoms with Crippen LogP contribution in [-0.2, 0) is 23.2 Å². The molecule has 2 N–H and O–H groups in total. The molecular weight excluding hydrogens is 388 g/mol. The Kier molecular flexibility index (Phi) is 5.17. The van der Waals surface area contributed by atoms with Crippen LogP contribution in [0.3, 0.4) is 0 Å². The number of benzene rings is 2. The standard InChI is InChI=1S/C21H18N4O5/c1-25-9-8-22-19(25)18(26)14-3-5-15(6-4-14)24-21(28)20(27)23-11-13-2-7-16-17(10-13)30-12-29-16/h2-10H,11-12H2,1H3,(H,23,27)(H,24,28). The predicted molar refractivity (Wildman–Crippen MR) is 106 cm³/mol. The SMILES string of the molecule is Cn1ccnc1C(=O)c1ccc(NC(=O)C(=O)NCc2ccc3c(c2)OCO3)cc1. The van der Waals surface area contributed by atoms with E-state index in [-0.39, 0.29) is 19.1 Å². The van der Waals surface area contributed by atoms with E-state index < -0.39 is 11.8 Å². The van der Waals surface area contributed by atoms with Crippen LogP contribution in [0.2, 0.25) is 0 Å². The molecule has 2 heterocycles. The largest absolute Gasteiger partial charge is 0.454 e.